The standard InChI is InChI=1S/C31H45N5O7S/c1-21-18-36(22(2)20-37)31(40)17-23-16-24(14-15-27(23)43-28(21)19-35(3)44(4,41)42)33-29(38)12-6-5-7-13-30(39)34-26-11-9-8-10-25(26)32/h8-11,14-16,21-22,28,37H,5-7,12-13,17-20,32H2,1-4H3,(H,33,38)(H,34,39)/t21-,22-,28+/m1/s1. The Morgan fingerprint density at radius 2 is 1.77 bits per heavy atom. The molecule has 0 aliphatic carbocycles. The number of nitrogens with one attached hydrogen (secondary N) is 2. The predicted molar refractivity (Wildman–Crippen MR) is 171 cm³/mol. The lowest BCUT2D eigenvalue weighted by Gasteiger charge is -2.33. The van der Waals surface area contributed by atoms with Crippen LogP contribution >= 0.6 is 0 Å². The van der Waals surface area contributed by atoms with Crippen LogP contribution in [0.1, 0.15) is 51.5 Å². The fourth-order valence-corrected chi connectivity index (χ4v) is 5.33. The highest BCUT2D eigenvalue weighted by molar-refractivity contribution is 7.88. The van der Waals surface area contributed by atoms with Gasteiger partial charge in [0, 0.05) is 43.6 Å². The fourth-order valence-electron chi connectivity index (χ4n) is 4.91. The number of nitrogens with two attached hydrogens (primary N) is 1. The second-order valence-electron chi connectivity index (χ2n) is 11.5. The molecule has 0 aromatic heterocycles. The van der Waals surface area contributed by atoms with E-state index in [4.69, 9.17) is 10.5 Å². The van der Waals surface area contributed by atoms with Gasteiger partial charge < -0.3 is 31.1 Å². The quantitative estimate of drug-likeness (QED) is 0.193. The van der Waals surface area contributed by atoms with Crippen molar-refractivity contribution in [2.45, 2.75) is 64.5 Å². The first-order valence-corrected chi connectivity index (χ1v) is 16.7. The number of aliphatic hydroxyl groups is 1. The number of ether oxygens (including phenoxy) is 1. The summed E-state index contributed by atoms with van der Waals surface area (Å²) in [5, 5.41) is 15.5. The Morgan fingerprint density at radius 3 is 2.41 bits per heavy atom. The van der Waals surface area contributed by atoms with Crippen molar-refractivity contribution in [2.75, 3.05) is 49.4 Å². The highest BCUT2D eigenvalue weighted by Gasteiger charge is 2.32. The zero-order valence-corrected chi connectivity index (χ0v) is 26.7. The zero-order valence-electron chi connectivity index (χ0n) is 25.9. The summed E-state index contributed by atoms with van der Waals surface area (Å²) >= 11 is 0. The molecule has 13 heteroatoms. The van der Waals surface area contributed by atoms with Crippen molar-refractivity contribution in [1.29, 1.82) is 0 Å². The second-order valence-corrected chi connectivity index (χ2v) is 13.6. The molecule has 0 radical (unpaired) electrons. The molecule has 2 aromatic rings. The molecule has 44 heavy (non-hydrogen) atoms. The van der Waals surface area contributed by atoms with E-state index in [-0.39, 0.29) is 56.2 Å². The maximum atomic E-state index is 13.4. The minimum atomic E-state index is -3.47. The summed E-state index contributed by atoms with van der Waals surface area (Å²) in [5.74, 6) is -0.345. The van der Waals surface area contributed by atoms with E-state index >= 15 is 0 Å². The number of fused-ring (bicyclic) bond motifs is 1. The molecule has 5 N–H and O–H groups in total. The monoisotopic (exact) mass is 631 g/mol. The minimum absolute atomic E-state index is 0.0125. The number of carbonyl (C=O) groups is 3. The van der Waals surface area contributed by atoms with Crippen molar-refractivity contribution in [3.05, 3.63) is 48.0 Å². The largest absolute Gasteiger partial charge is 0.488 e. The van der Waals surface area contributed by atoms with Crippen LogP contribution in [0.5, 0.6) is 5.75 Å². The van der Waals surface area contributed by atoms with Gasteiger partial charge in [-0.15, -0.1) is 0 Å². The Kier molecular flexibility index (Phi) is 12.6. The van der Waals surface area contributed by atoms with Crippen molar-refractivity contribution >= 4 is 44.8 Å². The number of rotatable bonds is 13. The number of carbonyl (C=O) groups excluding carboxylic acids is 3. The molecule has 2 aromatic carbocycles. The Hall–Kier alpha value is -3.68. The molecule has 3 atom stereocenters. The zero-order chi connectivity index (χ0) is 32.4. The van der Waals surface area contributed by atoms with Crippen molar-refractivity contribution in [3.8, 4) is 5.75 Å². The Bertz CT molecular complexity index is 1420. The summed E-state index contributed by atoms with van der Waals surface area (Å²) in [6.45, 7) is 3.78. The number of amides is 3. The van der Waals surface area contributed by atoms with E-state index in [0.29, 0.717) is 54.1 Å². The van der Waals surface area contributed by atoms with Crippen LogP contribution in [0, 0.1) is 5.92 Å². The molecule has 0 spiro atoms. The summed E-state index contributed by atoms with van der Waals surface area (Å²) in [5.41, 5.74) is 8.00. The molecule has 12 nitrogen and oxygen atoms in total. The van der Waals surface area contributed by atoms with Crippen molar-refractivity contribution in [1.82, 2.24) is 9.21 Å². The molecule has 1 aliphatic heterocycles. The number of anilines is 3. The predicted octanol–water partition coefficient (Wildman–Crippen LogP) is 2.84. The fraction of sp³-hybridized carbons (Fsp3) is 0.516. The van der Waals surface area contributed by atoms with Crippen LogP contribution in [0.3, 0.4) is 0 Å². The van der Waals surface area contributed by atoms with Crippen LogP contribution in [0.2, 0.25) is 0 Å². The lowest BCUT2D eigenvalue weighted by Crippen LogP contribution is -2.48. The van der Waals surface area contributed by atoms with Crippen LogP contribution in [0.4, 0.5) is 17.1 Å². The lowest BCUT2D eigenvalue weighted by atomic mass is 10.0. The highest BCUT2D eigenvalue weighted by atomic mass is 32.2. The molecule has 0 saturated heterocycles. The first kappa shape index (κ1) is 34.8. The number of likely N-dealkylation sites (N-methyl/N-ethyl adjacent to an activating group) is 1. The van der Waals surface area contributed by atoms with E-state index in [1.165, 1.54) is 11.4 Å². The van der Waals surface area contributed by atoms with Gasteiger partial charge in [-0.25, -0.2) is 12.7 Å². The van der Waals surface area contributed by atoms with E-state index in [9.17, 15) is 27.9 Å². The smallest absolute Gasteiger partial charge is 0.227 e. The Balaban J connectivity index is 1.62. The summed E-state index contributed by atoms with van der Waals surface area (Å²) in [7, 11) is -1.99. The second kappa shape index (κ2) is 15.9. The summed E-state index contributed by atoms with van der Waals surface area (Å²) < 4.78 is 31.8. The molecule has 3 amide bonds. The van der Waals surface area contributed by atoms with Crippen LogP contribution in [-0.4, -0.2) is 85.6 Å². The minimum Gasteiger partial charge on any atom is -0.488 e. The SMILES string of the molecule is C[C@@H]1CN([C@H](C)CO)C(=O)Cc2cc(NC(=O)CCCCCC(=O)Nc3ccccc3N)ccc2O[C@H]1CN(C)S(C)(=O)=O. The van der Waals surface area contributed by atoms with Crippen LogP contribution < -0.4 is 21.1 Å². The van der Waals surface area contributed by atoms with E-state index in [0.717, 1.165) is 6.26 Å². The van der Waals surface area contributed by atoms with Gasteiger partial charge in [0.05, 0.1) is 43.2 Å². The Morgan fingerprint density at radius 1 is 1.11 bits per heavy atom. The van der Waals surface area contributed by atoms with Gasteiger partial charge in [0.25, 0.3) is 0 Å². The van der Waals surface area contributed by atoms with Crippen molar-refractivity contribution < 1.29 is 32.6 Å². The number of para-hydroxylation sites is 2. The average molecular weight is 632 g/mol. The number of nitrogens with zero attached hydrogens (tertiary/aromatic N) is 2. The molecule has 242 valence electrons. The highest BCUT2D eigenvalue weighted by Crippen LogP contribution is 2.29. The van der Waals surface area contributed by atoms with Gasteiger partial charge in [-0.2, -0.15) is 0 Å². The topological polar surface area (TPSA) is 171 Å². The van der Waals surface area contributed by atoms with Gasteiger partial charge >= 0.3 is 0 Å². The van der Waals surface area contributed by atoms with Gasteiger partial charge in [0.2, 0.25) is 27.7 Å². The molecular formula is C31H45N5O7S. The van der Waals surface area contributed by atoms with Crippen LogP contribution in [0.25, 0.3) is 0 Å². The third-order valence-electron chi connectivity index (χ3n) is 7.75. The normalized spacial score (nSPS) is 18.0. The molecule has 1 aliphatic rings. The maximum Gasteiger partial charge on any atom is 0.227 e. The number of sulfonamides is 1. The first-order valence-electron chi connectivity index (χ1n) is 14.8. The van der Waals surface area contributed by atoms with Crippen molar-refractivity contribution in [3.63, 3.8) is 0 Å². The molecular weight excluding hydrogens is 586 g/mol. The maximum absolute atomic E-state index is 13.4. The van der Waals surface area contributed by atoms with E-state index < -0.39 is 22.2 Å². The first-order chi connectivity index (χ1) is 20.8. The van der Waals surface area contributed by atoms with E-state index in [2.05, 4.69) is 10.6 Å². The number of unbranched alkanes of at least 4 members (excludes halogenated alkanes) is 2. The van der Waals surface area contributed by atoms with Gasteiger partial charge in [-0.1, -0.05) is 25.5 Å². The summed E-state index contributed by atoms with van der Waals surface area (Å²) in [6.07, 6.45) is 3.04. The molecule has 1 heterocycles. The third kappa shape index (κ3) is 10.2. The molecule has 3 rings (SSSR count). The van der Waals surface area contributed by atoms with Crippen LogP contribution in [-0.2, 0) is 30.8 Å². The van der Waals surface area contributed by atoms with Gasteiger partial charge in [-0.05, 0) is 50.1 Å². The molecule has 0 bridgehead atoms. The van der Waals surface area contributed by atoms with Gasteiger partial charge in [-0.3, -0.25) is 14.4 Å². The van der Waals surface area contributed by atoms with Crippen molar-refractivity contribution in [2.24, 2.45) is 5.92 Å². The number of aliphatic hydroxyl groups excluding tert-OH is 1. The summed E-state index contributed by atoms with van der Waals surface area (Å²) in [6, 6.07) is 11.7. The number of benzene rings is 2. The number of hydrogen-bond donors (Lipinski definition) is 4. The van der Waals surface area contributed by atoms with Gasteiger partial charge in [0.1, 0.15) is 11.9 Å². The van der Waals surface area contributed by atoms with E-state index in [1.54, 1.807) is 54.3 Å². The molecule has 0 unspecified atom stereocenters. The number of nitrogen functional groups attached to an aromatic ring is 1. The Labute approximate surface area is 260 Å². The average Bonchev–Trinajstić information content (AvgIpc) is 3.00. The summed E-state index contributed by atoms with van der Waals surface area (Å²) in [4.78, 5) is 39.8. The third-order valence-corrected chi connectivity index (χ3v) is 9.03. The lowest BCUT2D eigenvalue weighted by molar-refractivity contribution is -0.134. The van der Waals surface area contributed by atoms with Gasteiger partial charge in [0.15, 0.2) is 0 Å². The molecule has 0 fully saturated rings. The van der Waals surface area contributed by atoms with E-state index in [1.807, 2.05) is 6.92 Å². The number of hydrogen-bond acceptors (Lipinski definition) is 8. The van der Waals surface area contributed by atoms with Crippen LogP contribution in [0.15, 0.2) is 42.5 Å². The molecule has 0 saturated carbocycles.